The van der Waals surface area contributed by atoms with E-state index in [4.69, 9.17) is 5.73 Å². The highest BCUT2D eigenvalue weighted by Gasteiger charge is 2.38. The van der Waals surface area contributed by atoms with E-state index in [9.17, 15) is 14.4 Å². The maximum atomic E-state index is 12.6. The molecule has 0 bridgehead atoms. The summed E-state index contributed by atoms with van der Waals surface area (Å²) in [5, 5.41) is 0. The topological polar surface area (TPSA) is 86.9 Å². The van der Waals surface area contributed by atoms with Gasteiger partial charge < -0.3 is 20.4 Å². The second kappa shape index (κ2) is 6.86. The molecule has 0 aromatic heterocycles. The number of carbonyl (C=O) groups is 3. The molecule has 23 heavy (non-hydrogen) atoms. The number of nitrogens with zero attached hydrogens (tertiary/aromatic N) is 3. The van der Waals surface area contributed by atoms with Crippen LogP contribution in [0.2, 0.25) is 0 Å². The lowest BCUT2D eigenvalue weighted by Crippen LogP contribution is -2.49. The smallest absolute Gasteiger partial charge is 0.312 e. The first-order valence-electron chi connectivity index (χ1n) is 8.68. The van der Waals surface area contributed by atoms with E-state index >= 15 is 0 Å². The van der Waals surface area contributed by atoms with Crippen LogP contribution in [0.3, 0.4) is 0 Å². The van der Waals surface area contributed by atoms with Gasteiger partial charge in [0.1, 0.15) is 0 Å². The SMILES string of the molecule is NC(=O)[C@@H]1CCN(C(=O)C(=O)N2CCC[C@H]2CN2CCCC2)C1. The second-order valence-corrected chi connectivity index (χ2v) is 6.94. The van der Waals surface area contributed by atoms with Crippen molar-refractivity contribution in [2.45, 2.75) is 38.1 Å². The van der Waals surface area contributed by atoms with Gasteiger partial charge in [-0.3, -0.25) is 14.4 Å². The number of likely N-dealkylation sites (tertiary alicyclic amines) is 3. The molecule has 0 radical (unpaired) electrons. The van der Waals surface area contributed by atoms with Crippen molar-refractivity contribution in [3.63, 3.8) is 0 Å². The standard InChI is InChI=1S/C16H26N4O3/c17-14(21)12-5-9-19(10-12)15(22)16(23)20-8-3-4-13(20)11-18-6-1-2-7-18/h12-13H,1-11H2,(H2,17,21)/t12-,13+/m1/s1. The molecular formula is C16H26N4O3. The van der Waals surface area contributed by atoms with Crippen LogP contribution in [0.25, 0.3) is 0 Å². The molecule has 0 saturated carbocycles. The Morgan fingerprint density at radius 3 is 2.30 bits per heavy atom. The lowest BCUT2D eigenvalue weighted by atomic mass is 10.1. The molecule has 3 fully saturated rings. The summed E-state index contributed by atoms with van der Waals surface area (Å²) in [5.41, 5.74) is 5.29. The van der Waals surface area contributed by atoms with Crippen molar-refractivity contribution in [2.75, 3.05) is 39.3 Å². The van der Waals surface area contributed by atoms with Gasteiger partial charge in [-0.15, -0.1) is 0 Å². The van der Waals surface area contributed by atoms with Crippen LogP contribution in [-0.2, 0) is 14.4 Å². The first-order chi connectivity index (χ1) is 11.1. The highest BCUT2D eigenvalue weighted by Crippen LogP contribution is 2.22. The van der Waals surface area contributed by atoms with Gasteiger partial charge in [0, 0.05) is 32.2 Å². The van der Waals surface area contributed by atoms with E-state index < -0.39 is 11.8 Å². The van der Waals surface area contributed by atoms with Gasteiger partial charge in [0.15, 0.2) is 0 Å². The van der Waals surface area contributed by atoms with Crippen molar-refractivity contribution in [3.8, 4) is 0 Å². The molecule has 0 aromatic carbocycles. The fraction of sp³-hybridized carbons (Fsp3) is 0.812. The number of primary amides is 1. The molecule has 3 amide bonds. The Morgan fingerprint density at radius 1 is 0.913 bits per heavy atom. The van der Waals surface area contributed by atoms with Crippen molar-refractivity contribution in [1.82, 2.24) is 14.7 Å². The Bertz CT molecular complexity index is 490. The average molecular weight is 322 g/mol. The molecule has 7 nitrogen and oxygen atoms in total. The third kappa shape index (κ3) is 3.49. The van der Waals surface area contributed by atoms with Gasteiger partial charge in [0.05, 0.1) is 5.92 Å². The second-order valence-electron chi connectivity index (χ2n) is 6.94. The number of nitrogens with two attached hydrogens (primary N) is 1. The van der Waals surface area contributed by atoms with Crippen LogP contribution in [0, 0.1) is 5.92 Å². The quantitative estimate of drug-likeness (QED) is 0.704. The van der Waals surface area contributed by atoms with E-state index in [0.29, 0.717) is 19.5 Å². The minimum absolute atomic E-state index is 0.152. The van der Waals surface area contributed by atoms with E-state index in [0.717, 1.165) is 32.5 Å². The van der Waals surface area contributed by atoms with Crippen LogP contribution in [0.5, 0.6) is 0 Å². The summed E-state index contributed by atoms with van der Waals surface area (Å²) in [7, 11) is 0. The van der Waals surface area contributed by atoms with Crippen LogP contribution < -0.4 is 5.73 Å². The summed E-state index contributed by atoms with van der Waals surface area (Å²) in [6, 6.07) is 0.152. The lowest BCUT2D eigenvalue weighted by molar-refractivity contribution is -0.152. The number of hydrogen-bond donors (Lipinski definition) is 1. The Balaban J connectivity index is 1.57. The van der Waals surface area contributed by atoms with Gasteiger partial charge >= 0.3 is 11.8 Å². The Morgan fingerprint density at radius 2 is 1.65 bits per heavy atom. The highest BCUT2D eigenvalue weighted by atomic mass is 16.2. The minimum atomic E-state index is -0.470. The number of rotatable bonds is 3. The first kappa shape index (κ1) is 16.2. The normalized spacial score (nSPS) is 28.5. The van der Waals surface area contributed by atoms with Crippen LogP contribution in [-0.4, -0.2) is 77.7 Å². The van der Waals surface area contributed by atoms with E-state index in [1.165, 1.54) is 17.7 Å². The fourth-order valence-corrected chi connectivity index (χ4v) is 3.99. The van der Waals surface area contributed by atoms with Gasteiger partial charge in [0.2, 0.25) is 5.91 Å². The molecule has 3 saturated heterocycles. The summed E-state index contributed by atoms with van der Waals surface area (Å²) in [5.74, 6) is -1.58. The zero-order valence-electron chi connectivity index (χ0n) is 13.6. The molecule has 0 unspecified atom stereocenters. The van der Waals surface area contributed by atoms with Gasteiger partial charge in [0.25, 0.3) is 0 Å². The Labute approximate surface area is 136 Å². The number of carbonyl (C=O) groups excluding carboxylic acids is 3. The van der Waals surface area contributed by atoms with E-state index in [-0.39, 0.29) is 24.4 Å². The van der Waals surface area contributed by atoms with Crippen LogP contribution in [0.4, 0.5) is 0 Å². The van der Waals surface area contributed by atoms with Gasteiger partial charge in [-0.25, -0.2) is 0 Å². The van der Waals surface area contributed by atoms with Gasteiger partial charge in [-0.1, -0.05) is 0 Å². The Hall–Kier alpha value is -1.63. The maximum Gasteiger partial charge on any atom is 0.312 e. The van der Waals surface area contributed by atoms with Crippen molar-refractivity contribution in [1.29, 1.82) is 0 Å². The van der Waals surface area contributed by atoms with Crippen LogP contribution in [0.15, 0.2) is 0 Å². The molecule has 0 aromatic rings. The summed E-state index contributed by atoms with van der Waals surface area (Å²) >= 11 is 0. The van der Waals surface area contributed by atoms with E-state index in [1.807, 2.05) is 0 Å². The number of amides is 3. The molecule has 0 aliphatic carbocycles. The monoisotopic (exact) mass is 322 g/mol. The molecule has 7 heteroatoms. The molecule has 3 rings (SSSR count). The largest absolute Gasteiger partial charge is 0.369 e. The van der Waals surface area contributed by atoms with Gasteiger partial charge in [-0.05, 0) is 45.2 Å². The van der Waals surface area contributed by atoms with Crippen LogP contribution in [0.1, 0.15) is 32.1 Å². The van der Waals surface area contributed by atoms with Crippen LogP contribution >= 0.6 is 0 Å². The Kier molecular flexibility index (Phi) is 4.84. The van der Waals surface area contributed by atoms with Crippen molar-refractivity contribution >= 4 is 17.7 Å². The molecule has 3 aliphatic rings. The summed E-state index contributed by atoms with van der Waals surface area (Å²) < 4.78 is 0. The lowest BCUT2D eigenvalue weighted by Gasteiger charge is -2.29. The zero-order chi connectivity index (χ0) is 16.4. The predicted octanol–water partition coefficient (Wildman–Crippen LogP) is -0.593. The molecule has 2 atom stereocenters. The van der Waals surface area contributed by atoms with E-state index in [2.05, 4.69) is 4.90 Å². The van der Waals surface area contributed by atoms with Crippen molar-refractivity contribution in [3.05, 3.63) is 0 Å². The molecule has 128 valence electrons. The molecule has 2 N–H and O–H groups in total. The zero-order valence-corrected chi connectivity index (χ0v) is 13.6. The summed E-state index contributed by atoms with van der Waals surface area (Å²) in [4.78, 5) is 41.9. The molecule has 3 heterocycles. The predicted molar refractivity (Wildman–Crippen MR) is 84.3 cm³/mol. The first-order valence-corrected chi connectivity index (χ1v) is 8.68. The van der Waals surface area contributed by atoms with Crippen molar-refractivity contribution in [2.24, 2.45) is 11.7 Å². The summed E-state index contributed by atoms with van der Waals surface area (Å²) in [6.07, 6.45) is 4.94. The van der Waals surface area contributed by atoms with Gasteiger partial charge in [-0.2, -0.15) is 0 Å². The fourth-order valence-electron chi connectivity index (χ4n) is 3.99. The number of hydrogen-bond acceptors (Lipinski definition) is 4. The molecule has 0 spiro atoms. The summed E-state index contributed by atoms with van der Waals surface area (Å²) in [6.45, 7) is 4.46. The third-order valence-electron chi connectivity index (χ3n) is 5.37. The third-order valence-corrected chi connectivity index (χ3v) is 5.37. The van der Waals surface area contributed by atoms with E-state index in [1.54, 1.807) is 4.90 Å². The molecule has 3 aliphatic heterocycles. The minimum Gasteiger partial charge on any atom is -0.369 e. The van der Waals surface area contributed by atoms with Crippen molar-refractivity contribution < 1.29 is 14.4 Å². The highest BCUT2D eigenvalue weighted by molar-refractivity contribution is 6.35. The maximum absolute atomic E-state index is 12.6. The average Bonchev–Trinajstić information content (AvgIpc) is 3.27. The molecular weight excluding hydrogens is 296 g/mol.